The Kier molecular flexibility index (Phi) is 4.29. The summed E-state index contributed by atoms with van der Waals surface area (Å²) in [4.78, 5) is 0. The van der Waals surface area contributed by atoms with Crippen LogP contribution >= 0.6 is 23.5 Å². The minimum atomic E-state index is 0.668. The molecular weight excluding hydrogens is 240 g/mol. The highest BCUT2D eigenvalue weighted by molar-refractivity contribution is 8.20. The molecule has 1 heterocycles. The van der Waals surface area contributed by atoms with Crippen molar-refractivity contribution in [1.82, 2.24) is 0 Å². The van der Waals surface area contributed by atoms with Crippen LogP contribution in [0.3, 0.4) is 0 Å². The van der Waals surface area contributed by atoms with E-state index < -0.39 is 0 Å². The molecule has 2 nitrogen and oxygen atoms in total. The normalized spacial score (nSPS) is 16.4. The van der Waals surface area contributed by atoms with Crippen molar-refractivity contribution in [3.8, 4) is 11.5 Å². The first-order chi connectivity index (χ1) is 7.83. The molecule has 0 atom stereocenters. The fourth-order valence-electron chi connectivity index (χ4n) is 1.75. The predicted octanol–water partition coefficient (Wildman–Crippen LogP) is 3.05. The predicted molar refractivity (Wildman–Crippen MR) is 72.0 cm³/mol. The fourth-order valence-corrected chi connectivity index (χ4v) is 4.60. The van der Waals surface area contributed by atoms with Gasteiger partial charge in [-0.2, -0.15) is 0 Å². The number of hydrogen-bond acceptors (Lipinski definition) is 4. The number of benzene rings is 1. The third-order valence-corrected chi connectivity index (χ3v) is 5.60. The highest BCUT2D eigenvalue weighted by Crippen LogP contribution is 2.37. The molecule has 1 aliphatic rings. The Morgan fingerprint density at radius 1 is 1.19 bits per heavy atom. The molecule has 0 radical (unpaired) electrons. The molecule has 0 aromatic heterocycles. The van der Waals surface area contributed by atoms with Crippen LogP contribution in [0, 0.1) is 0 Å². The topological polar surface area (TPSA) is 18.5 Å². The Bertz CT molecular complexity index is 349. The molecule has 0 bridgehead atoms. The summed E-state index contributed by atoms with van der Waals surface area (Å²) in [5.74, 6) is 4.40. The lowest BCUT2D eigenvalue weighted by atomic mass is 10.1. The molecule has 1 aromatic rings. The Morgan fingerprint density at radius 3 is 2.56 bits per heavy atom. The van der Waals surface area contributed by atoms with Gasteiger partial charge in [0.2, 0.25) is 0 Å². The van der Waals surface area contributed by atoms with E-state index in [9.17, 15) is 0 Å². The van der Waals surface area contributed by atoms with Crippen LogP contribution in [0.4, 0.5) is 0 Å². The van der Waals surface area contributed by atoms with Gasteiger partial charge in [0.05, 0.1) is 18.8 Å². The molecule has 0 amide bonds. The number of thioether (sulfide) groups is 2. The second kappa shape index (κ2) is 5.73. The van der Waals surface area contributed by atoms with Gasteiger partial charge in [-0.3, -0.25) is 0 Å². The number of rotatable bonds is 4. The van der Waals surface area contributed by atoms with Gasteiger partial charge in [0, 0.05) is 11.5 Å². The maximum atomic E-state index is 5.38. The molecule has 1 saturated heterocycles. The Labute approximate surface area is 105 Å². The molecule has 1 fully saturated rings. The maximum absolute atomic E-state index is 5.38. The molecule has 88 valence electrons. The number of methoxy groups -OCH3 is 2. The van der Waals surface area contributed by atoms with E-state index in [2.05, 4.69) is 6.07 Å². The van der Waals surface area contributed by atoms with Gasteiger partial charge < -0.3 is 9.47 Å². The van der Waals surface area contributed by atoms with Crippen LogP contribution < -0.4 is 9.47 Å². The fraction of sp³-hybridized carbons (Fsp3) is 0.500. The van der Waals surface area contributed by atoms with Crippen LogP contribution in [0.5, 0.6) is 11.5 Å². The molecule has 1 aromatic carbocycles. The van der Waals surface area contributed by atoms with Crippen molar-refractivity contribution in [3.63, 3.8) is 0 Å². The van der Waals surface area contributed by atoms with Crippen molar-refractivity contribution in [2.45, 2.75) is 11.0 Å². The lowest BCUT2D eigenvalue weighted by molar-refractivity contribution is 0.399. The van der Waals surface area contributed by atoms with Gasteiger partial charge >= 0.3 is 0 Å². The van der Waals surface area contributed by atoms with E-state index >= 15 is 0 Å². The van der Waals surface area contributed by atoms with E-state index in [1.807, 2.05) is 35.7 Å². The van der Waals surface area contributed by atoms with Crippen LogP contribution in [-0.4, -0.2) is 30.3 Å². The summed E-state index contributed by atoms with van der Waals surface area (Å²) in [6.07, 6.45) is 1.05. The largest absolute Gasteiger partial charge is 0.497 e. The van der Waals surface area contributed by atoms with E-state index in [1.54, 1.807) is 14.2 Å². The zero-order valence-corrected chi connectivity index (χ0v) is 11.2. The minimum absolute atomic E-state index is 0.668. The Morgan fingerprint density at radius 2 is 1.94 bits per heavy atom. The van der Waals surface area contributed by atoms with Crippen molar-refractivity contribution in [3.05, 3.63) is 23.8 Å². The molecule has 4 heteroatoms. The summed E-state index contributed by atoms with van der Waals surface area (Å²) in [6.45, 7) is 0. The molecule has 0 unspecified atom stereocenters. The monoisotopic (exact) mass is 256 g/mol. The van der Waals surface area contributed by atoms with Crippen molar-refractivity contribution in [1.29, 1.82) is 0 Å². The maximum Gasteiger partial charge on any atom is 0.122 e. The summed E-state index contributed by atoms with van der Waals surface area (Å²) < 4.78 is 11.3. The molecule has 1 aliphatic heterocycles. The van der Waals surface area contributed by atoms with Crippen molar-refractivity contribution in [2.24, 2.45) is 0 Å². The quantitative estimate of drug-likeness (QED) is 0.824. The molecule has 0 aliphatic carbocycles. The highest BCUT2D eigenvalue weighted by Gasteiger charge is 2.18. The first-order valence-electron chi connectivity index (χ1n) is 5.27. The van der Waals surface area contributed by atoms with Crippen LogP contribution in [0.2, 0.25) is 0 Å². The molecule has 2 rings (SSSR count). The van der Waals surface area contributed by atoms with Crippen LogP contribution in [0.25, 0.3) is 0 Å². The van der Waals surface area contributed by atoms with E-state index in [4.69, 9.17) is 9.47 Å². The van der Waals surface area contributed by atoms with E-state index in [0.717, 1.165) is 17.9 Å². The third kappa shape index (κ3) is 2.80. The van der Waals surface area contributed by atoms with Gasteiger partial charge in [-0.15, -0.1) is 23.5 Å². The Balaban J connectivity index is 2.15. The van der Waals surface area contributed by atoms with Crippen LogP contribution in [0.1, 0.15) is 5.56 Å². The lowest BCUT2D eigenvalue weighted by Crippen LogP contribution is -2.01. The average Bonchev–Trinajstić information content (AvgIpc) is 2.82. The van der Waals surface area contributed by atoms with Gasteiger partial charge in [-0.25, -0.2) is 0 Å². The lowest BCUT2D eigenvalue weighted by Gasteiger charge is -2.13. The smallest absolute Gasteiger partial charge is 0.122 e. The van der Waals surface area contributed by atoms with Gasteiger partial charge in [-0.05, 0) is 30.2 Å². The van der Waals surface area contributed by atoms with Crippen molar-refractivity contribution >= 4 is 23.5 Å². The van der Waals surface area contributed by atoms with Gasteiger partial charge in [0.25, 0.3) is 0 Å². The average molecular weight is 256 g/mol. The summed E-state index contributed by atoms with van der Waals surface area (Å²) >= 11 is 4.07. The van der Waals surface area contributed by atoms with Gasteiger partial charge in [-0.1, -0.05) is 0 Å². The molecule has 0 saturated carbocycles. The van der Waals surface area contributed by atoms with Crippen LogP contribution in [0.15, 0.2) is 18.2 Å². The SMILES string of the molecule is COc1ccc(OC)c(CC2SCCS2)c1. The first kappa shape index (κ1) is 12.0. The summed E-state index contributed by atoms with van der Waals surface area (Å²) in [5, 5.41) is 0. The zero-order chi connectivity index (χ0) is 11.4. The minimum Gasteiger partial charge on any atom is -0.497 e. The second-order valence-corrected chi connectivity index (χ2v) is 6.47. The number of hydrogen-bond donors (Lipinski definition) is 0. The van der Waals surface area contributed by atoms with Crippen molar-refractivity contribution in [2.75, 3.05) is 25.7 Å². The van der Waals surface area contributed by atoms with Gasteiger partial charge in [0.15, 0.2) is 0 Å². The Hall–Kier alpha value is -0.480. The molecular formula is C12H16O2S2. The van der Waals surface area contributed by atoms with E-state index in [0.29, 0.717) is 4.58 Å². The molecule has 0 spiro atoms. The van der Waals surface area contributed by atoms with Crippen LogP contribution in [-0.2, 0) is 6.42 Å². The van der Waals surface area contributed by atoms with Crippen molar-refractivity contribution < 1.29 is 9.47 Å². The first-order valence-corrected chi connectivity index (χ1v) is 7.37. The summed E-state index contributed by atoms with van der Waals surface area (Å²) in [6, 6.07) is 6.01. The standard InChI is InChI=1S/C12H16O2S2/c1-13-10-3-4-11(14-2)9(7-10)8-12-15-5-6-16-12/h3-4,7,12H,5-6,8H2,1-2H3. The molecule has 16 heavy (non-hydrogen) atoms. The number of ether oxygens (including phenoxy) is 2. The van der Waals surface area contributed by atoms with E-state index in [1.165, 1.54) is 17.1 Å². The second-order valence-electron chi connectivity index (χ2n) is 3.55. The molecule has 0 N–H and O–H groups in total. The summed E-state index contributed by atoms with van der Waals surface area (Å²) in [5.41, 5.74) is 1.24. The van der Waals surface area contributed by atoms with Gasteiger partial charge in [0.1, 0.15) is 11.5 Å². The van der Waals surface area contributed by atoms with E-state index in [-0.39, 0.29) is 0 Å². The third-order valence-electron chi connectivity index (χ3n) is 2.56. The zero-order valence-electron chi connectivity index (χ0n) is 9.56. The highest BCUT2D eigenvalue weighted by atomic mass is 32.2. The summed E-state index contributed by atoms with van der Waals surface area (Å²) in [7, 11) is 3.42.